The van der Waals surface area contributed by atoms with Crippen molar-refractivity contribution >= 4 is 18.4 Å². The molecule has 0 N–H and O–H groups in total. The molecule has 0 bridgehead atoms. The number of halogens is 1. The topological polar surface area (TPSA) is 35.5 Å². The van der Waals surface area contributed by atoms with Crippen molar-refractivity contribution < 1.29 is 14.3 Å². The van der Waals surface area contributed by atoms with E-state index in [0.29, 0.717) is 13.2 Å². The number of esters is 1. The van der Waals surface area contributed by atoms with Gasteiger partial charge < -0.3 is 9.47 Å². The van der Waals surface area contributed by atoms with Crippen molar-refractivity contribution in [2.45, 2.75) is 0 Å². The third-order valence-electron chi connectivity index (χ3n) is 1.17. The zero-order valence-corrected chi connectivity index (χ0v) is 5.94. The SMILES string of the molecule is COC(=O)C1COC1.Cl. The van der Waals surface area contributed by atoms with Gasteiger partial charge in [0.25, 0.3) is 0 Å². The number of rotatable bonds is 1. The Morgan fingerprint density at radius 2 is 2.22 bits per heavy atom. The van der Waals surface area contributed by atoms with E-state index >= 15 is 0 Å². The number of carbonyl (C=O) groups is 1. The lowest BCUT2D eigenvalue weighted by Crippen LogP contribution is -2.35. The normalized spacial score (nSPS) is 17.4. The second-order valence-electron chi connectivity index (χ2n) is 1.76. The molecule has 0 aliphatic carbocycles. The molecule has 1 aliphatic heterocycles. The van der Waals surface area contributed by atoms with E-state index in [0.717, 1.165) is 0 Å². The minimum Gasteiger partial charge on any atom is -0.469 e. The first kappa shape index (κ1) is 8.72. The summed E-state index contributed by atoms with van der Waals surface area (Å²) < 4.78 is 9.19. The highest BCUT2D eigenvalue weighted by molar-refractivity contribution is 5.85. The van der Waals surface area contributed by atoms with E-state index in [1.54, 1.807) is 0 Å². The summed E-state index contributed by atoms with van der Waals surface area (Å²) in [5.74, 6) is -0.142. The molecule has 3 nitrogen and oxygen atoms in total. The van der Waals surface area contributed by atoms with Gasteiger partial charge in [-0.15, -0.1) is 12.4 Å². The van der Waals surface area contributed by atoms with Crippen molar-refractivity contribution in [1.82, 2.24) is 0 Å². The highest BCUT2D eigenvalue weighted by Gasteiger charge is 2.26. The van der Waals surface area contributed by atoms with Crippen LogP contribution in [0.15, 0.2) is 0 Å². The van der Waals surface area contributed by atoms with Crippen LogP contribution < -0.4 is 0 Å². The number of hydrogen-bond donors (Lipinski definition) is 0. The molecule has 1 heterocycles. The second kappa shape index (κ2) is 3.69. The average molecular weight is 153 g/mol. The molecule has 9 heavy (non-hydrogen) atoms. The molecule has 0 radical (unpaired) electrons. The van der Waals surface area contributed by atoms with Gasteiger partial charge in [0.2, 0.25) is 0 Å². The third kappa shape index (κ3) is 1.84. The van der Waals surface area contributed by atoms with Gasteiger partial charge in [0.15, 0.2) is 0 Å². The minimum atomic E-state index is -0.156. The van der Waals surface area contributed by atoms with Crippen molar-refractivity contribution in [3.8, 4) is 0 Å². The lowest BCUT2D eigenvalue weighted by molar-refractivity contribution is -0.160. The van der Waals surface area contributed by atoms with Gasteiger partial charge in [-0.2, -0.15) is 0 Å². The Morgan fingerprint density at radius 3 is 2.33 bits per heavy atom. The van der Waals surface area contributed by atoms with Gasteiger partial charge in [0.05, 0.1) is 20.3 Å². The summed E-state index contributed by atoms with van der Waals surface area (Å²) in [6, 6.07) is 0. The van der Waals surface area contributed by atoms with Crippen molar-refractivity contribution in [3.63, 3.8) is 0 Å². The molecule has 0 unspecified atom stereocenters. The second-order valence-corrected chi connectivity index (χ2v) is 1.76. The number of ether oxygens (including phenoxy) is 2. The van der Waals surface area contributed by atoms with Crippen LogP contribution in [0, 0.1) is 5.92 Å². The summed E-state index contributed by atoms with van der Waals surface area (Å²) >= 11 is 0. The van der Waals surface area contributed by atoms with Crippen molar-refractivity contribution in [2.24, 2.45) is 5.92 Å². The Bertz CT molecular complexity index is 100. The highest BCUT2D eigenvalue weighted by Crippen LogP contribution is 2.10. The number of methoxy groups -OCH3 is 1. The molecule has 1 fully saturated rings. The first-order valence-electron chi connectivity index (χ1n) is 2.50. The van der Waals surface area contributed by atoms with Crippen LogP contribution >= 0.6 is 12.4 Å². The molecule has 1 rings (SSSR count). The van der Waals surface area contributed by atoms with Crippen LogP contribution in [0.3, 0.4) is 0 Å². The monoisotopic (exact) mass is 152 g/mol. The fraction of sp³-hybridized carbons (Fsp3) is 0.800. The van der Waals surface area contributed by atoms with Gasteiger partial charge >= 0.3 is 5.97 Å². The largest absolute Gasteiger partial charge is 0.469 e. The minimum absolute atomic E-state index is 0. The van der Waals surface area contributed by atoms with Crippen molar-refractivity contribution in [1.29, 1.82) is 0 Å². The summed E-state index contributed by atoms with van der Waals surface area (Å²) in [6.07, 6.45) is 0. The summed E-state index contributed by atoms with van der Waals surface area (Å²) in [4.78, 5) is 10.5. The Labute approximate surface area is 59.7 Å². The molecule has 0 aromatic rings. The van der Waals surface area contributed by atoms with Gasteiger partial charge in [-0.25, -0.2) is 0 Å². The molecule has 54 valence electrons. The Morgan fingerprint density at radius 1 is 1.67 bits per heavy atom. The van der Waals surface area contributed by atoms with E-state index in [-0.39, 0.29) is 24.3 Å². The highest BCUT2D eigenvalue weighted by atomic mass is 35.5. The lowest BCUT2D eigenvalue weighted by Gasteiger charge is -2.22. The van der Waals surface area contributed by atoms with E-state index in [9.17, 15) is 4.79 Å². The van der Waals surface area contributed by atoms with Gasteiger partial charge in [0.1, 0.15) is 5.92 Å². The molecule has 1 aliphatic rings. The molecule has 0 spiro atoms. The third-order valence-corrected chi connectivity index (χ3v) is 1.17. The molecule has 0 aromatic carbocycles. The van der Waals surface area contributed by atoms with Gasteiger partial charge in [0, 0.05) is 0 Å². The van der Waals surface area contributed by atoms with E-state index in [2.05, 4.69) is 4.74 Å². The van der Waals surface area contributed by atoms with Crippen molar-refractivity contribution in [3.05, 3.63) is 0 Å². The molecule has 0 atom stereocenters. The van der Waals surface area contributed by atoms with E-state index < -0.39 is 0 Å². The molecule has 0 amide bonds. The molecule has 1 saturated heterocycles. The average Bonchev–Trinajstić information content (AvgIpc) is 1.62. The van der Waals surface area contributed by atoms with Crippen LogP contribution in [0.1, 0.15) is 0 Å². The fourth-order valence-electron chi connectivity index (χ4n) is 0.538. The van der Waals surface area contributed by atoms with Gasteiger partial charge in [-0.05, 0) is 0 Å². The zero-order valence-electron chi connectivity index (χ0n) is 5.12. The maximum Gasteiger partial charge on any atom is 0.313 e. The number of carbonyl (C=O) groups excluding carboxylic acids is 1. The molecular formula is C5H9ClO3. The standard InChI is InChI=1S/C5H8O3.ClH/c1-7-5(6)4-2-8-3-4;/h4H,2-3H2,1H3;1H. The van der Waals surface area contributed by atoms with E-state index in [4.69, 9.17) is 4.74 Å². The summed E-state index contributed by atoms with van der Waals surface area (Å²) in [7, 11) is 1.39. The van der Waals surface area contributed by atoms with Gasteiger partial charge in [-0.1, -0.05) is 0 Å². The van der Waals surface area contributed by atoms with Crippen LogP contribution in [0.5, 0.6) is 0 Å². The first-order chi connectivity index (χ1) is 3.84. The van der Waals surface area contributed by atoms with Gasteiger partial charge in [-0.3, -0.25) is 4.79 Å². The predicted molar refractivity (Wildman–Crippen MR) is 33.6 cm³/mol. The zero-order chi connectivity index (χ0) is 5.98. The Balaban J connectivity index is 0.000000640. The number of hydrogen-bond acceptors (Lipinski definition) is 3. The van der Waals surface area contributed by atoms with Crippen LogP contribution in [0.25, 0.3) is 0 Å². The molecular weight excluding hydrogens is 144 g/mol. The Kier molecular flexibility index (Phi) is 3.58. The molecule has 0 aromatic heterocycles. The fourth-order valence-corrected chi connectivity index (χ4v) is 0.538. The maximum absolute atomic E-state index is 10.5. The summed E-state index contributed by atoms with van der Waals surface area (Å²) in [5, 5.41) is 0. The van der Waals surface area contributed by atoms with Crippen LogP contribution in [-0.4, -0.2) is 26.3 Å². The van der Waals surface area contributed by atoms with Crippen molar-refractivity contribution in [2.75, 3.05) is 20.3 Å². The quantitative estimate of drug-likeness (QED) is 0.505. The van der Waals surface area contributed by atoms with E-state index in [1.807, 2.05) is 0 Å². The maximum atomic E-state index is 10.5. The first-order valence-corrected chi connectivity index (χ1v) is 2.50. The molecule has 4 heteroatoms. The predicted octanol–water partition coefficient (Wildman–Crippen LogP) is 0.228. The summed E-state index contributed by atoms with van der Waals surface area (Å²) in [6.45, 7) is 1.07. The smallest absolute Gasteiger partial charge is 0.313 e. The Hall–Kier alpha value is -0.280. The van der Waals surface area contributed by atoms with E-state index in [1.165, 1.54) is 7.11 Å². The lowest BCUT2D eigenvalue weighted by atomic mass is 10.1. The summed E-state index contributed by atoms with van der Waals surface area (Å²) in [5.41, 5.74) is 0. The van der Waals surface area contributed by atoms with Crippen LogP contribution in [-0.2, 0) is 14.3 Å². The van der Waals surface area contributed by atoms with Crippen LogP contribution in [0.4, 0.5) is 0 Å². The molecule has 0 saturated carbocycles. The van der Waals surface area contributed by atoms with Crippen LogP contribution in [0.2, 0.25) is 0 Å².